The third-order valence-corrected chi connectivity index (χ3v) is 13.7. The Morgan fingerprint density at radius 3 is 1.08 bits per heavy atom. The van der Waals surface area contributed by atoms with Gasteiger partial charge in [0.15, 0.2) is 0 Å². The molecule has 2 unspecified atom stereocenters. The molecule has 2 atom stereocenters. The number of hydrogen-bond donors (Lipinski definition) is 3. The number of aliphatic hydroxyl groups is 2. The summed E-state index contributed by atoms with van der Waals surface area (Å²) in [7, 11) is 0. The first-order chi connectivity index (χ1) is 32.5. The van der Waals surface area contributed by atoms with Gasteiger partial charge in [-0.1, -0.05) is 269 Å². The van der Waals surface area contributed by atoms with Gasteiger partial charge in [-0.2, -0.15) is 0 Å². The molecular weight excluding hydrogens is 815 g/mol. The monoisotopic (exact) mass is 930 g/mol. The zero-order chi connectivity index (χ0) is 47.9. The standard InChI is InChI=1S/C60H115NO5/c1-3-5-7-9-11-13-15-17-19-21-23-24-26-28-32-36-40-44-48-52-58(63)57(56-62)61-59(64)53-49-45-41-37-33-30-31-35-39-43-47-51-55-66-60(65)54-50-46-42-38-34-29-27-25-22-20-18-16-14-12-10-8-6-4-2/h31,35,48,52,57-58,62-63H,3-30,32-34,36-47,49-51,53-56H2,1-2H3,(H,61,64)/b35-31-,52-48+. The summed E-state index contributed by atoms with van der Waals surface area (Å²) in [6.07, 6.45) is 67.7. The topological polar surface area (TPSA) is 95.9 Å². The summed E-state index contributed by atoms with van der Waals surface area (Å²) in [6.45, 7) is 4.87. The van der Waals surface area contributed by atoms with Gasteiger partial charge >= 0.3 is 5.97 Å². The Balaban J connectivity index is 3.50. The highest BCUT2D eigenvalue weighted by Crippen LogP contribution is 2.17. The Labute approximate surface area is 411 Å². The highest BCUT2D eigenvalue weighted by atomic mass is 16.5. The largest absolute Gasteiger partial charge is 0.466 e. The highest BCUT2D eigenvalue weighted by molar-refractivity contribution is 5.76. The predicted molar refractivity (Wildman–Crippen MR) is 287 cm³/mol. The van der Waals surface area contributed by atoms with Crippen LogP contribution in [0.15, 0.2) is 24.3 Å². The van der Waals surface area contributed by atoms with Gasteiger partial charge < -0.3 is 20.3 Å². The van der Waals surface area contributed by atoms with Crippen LogP contribution >= 0.6 is 0 Å². The average molecular weight is 931 g/mol. The summed E-state index contributed by atoms with van der Waals surface area (Å²) >= 11 is 0. The molecule has 0 rings (SSSR count). The second kappa shape index (κ2) is 55.9. The van der Waals surface area contributed by atoms with Crippen molar-refractivity contribution in [3.8, 4) is 0 Å². The van der Waals surface area contributed by atoms with E-state index in [0.717, 1.165) is 77.0 Å². The van der Waals surface area contributed by atoms with E-state index in [1.807, 2.05) is 6.08 Å². The fourth-order valence-corrected chi connectivity index (χ4v) is 9.16. The molecule has 390 valence electrons. The first kappa shape index (κ1) is 64.3. The zero-order valence-corrected chi connectivity index (χ0v) is 44.4. The van der Waals surface area contributed by atoms with Gasteiger partial charge in [0.2, 0.25) is 5.91 Å². The van der Waals surface area contributed by atoms with Crippen molar-refractivity contribution in [3.63, 3.8) is 0 Å². The molecule has 0 saturated carbocycles. The Bertz CT molecular complexity index is 1030. The van der Waals surface area contributed by atoms with Crippen LogP contribution in [0.3, 0.4) is 0 Å². The number of hydrogen-bond acceptors (Lipinski definition) is 5. The van der Waals surface area contributed by atoms with Gasteiger partial charge in [0.25, 0.3) is 0 Å². The zero-order valence-electron chi connectivity index (χ0n) is 44.4. The first-order valence-electron chi connectivity index (χ1n) is 29.6. The number of esters is 1. The number of ether oxygens (including phenoxy) is 1. The lowest BCUT2D eigenvalue weighted by Crippen LogP contribution is -2.45. The van der Waals surface area contributed by atoms with E-state index in [2.05, 4.69) is 31.3 Å². The molecule has 0 heterocycles. The van der Waals surface area contributed by atoms with Crippen molar-refractivity contribution in [2.45, 2.75) is 334 Å². The van der Waals surface area contributed by atoms with Gasteiger partial charge in [0.1, 0.15) is 0 Å². The maximum atomic E-state index is 12.5. The van der Waals surface area contributed by atoms with Crippen LogP contribution in [0.2, 0.25) is 0 Å². The van der Waals surface area contributed by atoms with Gasteiger partial charge in [-0.25, -0.2) is 0 Å². The number of rotatable bonds is 55. The van der Waals surface area contributed by atoms with Crippen molar-refractivity contribution in [2.24, 2.45) is 0 Å². The number of carbonyl (C=O) groups excluding carboxylic acids is 2. The van der Waals surface area contributed by atoms with Crippen LogP contribution in [0, 0.1) is 0 Å². The lowest BCUT2D eigenvalue weighted by molar-refractivity contribution is -0.143. The minimum absolute atomic E-state index is 0.0195. The predicted octanol–water partition coefficient (Wildman–Crippen LogP) is 18.2. The van der Waals surface area contributed by atoms with Gasteiger partial charge in [-0.05, 0) is 64.2 Å². The molecule has 0 aromatic carbocycles. The number of unbranched alkanes of at least 4 members (excludes halogenated alkanes) is 42. The van der Waals surface area contributed by atoms with Crippen molar-refractivity contribution < 1.29 is 24.5 Å². The normalized spacial score (nSPS) is 12.7. The van der Waals surface area contributed by atoms with E-state index < -0.39 is 12.1 Å². The maximum Gasteiger partial charge on any atom is 0.305 e. The van der Waals surface area contributed by atoms with Crippen molar-refractivity contribution >= 4 is 11.9 Å². The Morgan fingerprint density at radius 2 is 0.712 bits per heavy atom. The molecule has 0 aliphatic rings. The molecule has 3 N–H and O–H groups in total. The molecule has 66 heavy (non-hydrogen) atoms. The molecule has 0 aromatic heterocycles. The number of carbonyl (C=O) groups is 2. The van der Waals surface area contributed by atoms with Crippen LogP contribution < -0.4 is 5.32 Å². The molecule has 0 aliphatic heterocycles. The Morgan fingerprint density at radius 1 is 0.409 bits per heavy atom. The van der Waals surface area contributed by atoms with Crippen molar-refractivity contribution in [1.29, 1.82) is 0 Å². The third kappa shape index (κ3) is 51.7. The molecule has 0 aromatic rings. The third-order valence-electron chi connectivity index (χ3n) is 13.7. The van der Waals surface area contributed by atoms with Crippen LogP contribution in [0.5, 0.6) is 0 Å². The maximum absolute atomic E-state index is 12.5. The molecular formula is C60H115NO5. The van der Waals surface area contributed by atoms with E-state index in [-0.39, 0.29) is 18.5 Å². The number of aliphatic hydroxyl groups excluding tert-OH is 2. The summed E-state index contributed by atoms with van der Waals surface area (Å²) in [5, 5.41) is 23.1. The molecule has 0 aliphatic carbocycles. The number of allylic oxidation sites excluding steroid dienone is 3. The smallest absolute Gasteiger partial charge is 0.305 e. The average Bonchev–Trinajstić information content (AvgIpc) is 3.32. The lowest BCUT2D eigenvalue weighted by Gasteiger charge is -2.20. The number of nitrogens with one attached hydrogen (secondary N) is 1. The molecule has 6 nitrogen and oxygen atoms in total. The summed E-state index contributed by atoms with van der Waals surface area (Å²) in [4.78, 5) is 24.5. The first-order valence-corrected chi connectivity index (χ1v) is 29.6. The summed E-state index contributed by atoms with van der Waals surface area (Å²) < 4.78 is 5.47. The lowest BCUT2D eigenvalue weighted by atomic mass is 10.0. The second-order valence-corrected chi connectivity index (χ2v) is 20.3. The Hall–Kier alpha value is -1.66. The molecule has 0 fully saturated rings. The second-order valence-electron chi connectivity index (χ2n) is 20.3. The molecule has 0 bridgehead atoms. The number of amides is 1. The molecule has 0 spiro atoms. The van der Waals surface area contributed by atoms with Gasteiger partial charge in [0.05, 0.1) is 25.4 Å². The van der Waals surface area contributed by atoms with Crippen LogP contribution in [0.25, 0.3) is 0 Å². The van der Waals surface area contributed by atoms with E-state index in [1.165, 1.54) is 218 Å². The van der Waals surface area contributed by atoms with Crippen molar-refractivity contribution in [2.75, 3.05) is 13.2 Å². The summed E-state index contributed by atoms with van der Waals surface area (Å²) in [6, 6.07) is -0.647. The quantitative estimate of drug-likeness (QED) is 0.0321. The summed E-state index contributed by atoms with van der Waals surface area (Å²) in [5.41, 5.74) is 0. The molecule has 1 amide bonds. The SMILES string of the molecule is CCCCCCCCCCCCCCCCCCC/C=C/C(O)C(CO)NC(=O)CCCCCCC/C=C\CCCCCOC(=O)CCCCCCCCCCCCCCCCCCCC. The van der Waals surface area contributed by atoms with Crippen LogP contribution in [-0.2, 0) is 14.3 Å². The van der Waals surface area contributed by atoms with Gasteiger partial charge in [0, 0.05) is 12.8 Å². The summed E-state index contributed by atoms with van der Waals surface area (Å²) in [5.74, 6) is -0.111. The van der Waals surface area contributed by atoms with E-state index in [9.17, 15) is 19.8 Å². The van der Waals surface area contributed by atoms with E-state index in [4.69, 9.17) is 4.74 Å². The molecule has 0 saturated heterocycles. The molecule has 6 heteroatoms. The minimum atomic E-state index is -0.861. The molecule has 0 radical (unpaired) electrons. The fraction of sp³-hybridized carbons (Fsp3) is 0.900. The highest BCUT2D eigenvalue weighted by Gasteiger charge is 2.18. The van der Waals surface area contributed by atoms with E-state index in [0.29, 0.717) is 19.4 Å². The van der Waals surface area contributed by atoms with Crippen LogP contribution in [0.1, 0.15) is 322 Å². The van der Waals surface area contributed by atoms with Gasteiger partial charge in [-0.15, -0.1) is 0 Å². The van der Waals surface area contributed by atoms with E-state index >= 15 is 0 Å². The Kier molecular flexibility index (Phi) is 54.5. The van der Waals surface area contributed by atoms with Crippen molar-refractivity contribution in [3.05, 3.63) is 24.3 Å². The van der Waals surface area contributed by atoms with E-state index in [1.54, 1.807) is 6.08 Å². The van der Waals surface area contributed by atoms with Crippen LogP contribution in [-0.4, -0.2) is 47.4 Å². The fourth-order valence-electron chi connectivity index (χ4n) is 9.16. The van der Waals surface area contributed by atoms with Crippen molar-refractivity contribution in [1.82, 2.24) is 5.32 Å². The van der Waals surface area contributed by atoms with Crippen LogP contribution in [0.4, 0.5) is 0 Å². The van der Waals surface area contributed by atoms with Gasteiger partial charge in [-0.3, -0.25) is 9.59 Å². The minimum Gasteiger partial charge on any atom is -0.466 e.